The maximum Gasteiger partial charge on any atom is 0.264 e. The first-order valence-corrected chi connectivity index (χ1v) is 12.6. The molecule has 9 heteroatoms. The molecule has 176 valence electrons. The summed E-state index contributed by atoms with van der Waals surface area (Å²) >= 11 is 6.27. The highest BCUT2D eigenvalue weighted by molar-refractivity contribution is 7.92. The molecule has 1 aliphatic heterocycles. The van der Waals surface area contributed by atoms with Crippen molar-refractivity contribution >= 4 is 50.5 Å². The fourth-order valence-electron chi connectivity index (χ4n) is 3.74. The second kappa shape index (κ2) is 9.48. The lowest BCUT2D eigenvalue weighted by molar-refractivity contribution is -0.117. The molecular formula is C25H24ClN3O4S. The molecule has 34 heavy (non-hydrogen) atoms. The number of benzene rings is 3. The molecule has 0 radical (unpaired) electrons. The molecule has 0 aliphatic carbocycles. The third-order valence-electron chi connectivity index (χ3n) is 5.74. The molecule has 1 N–H and O–H groups in total. The van der Waals surface area contributed by atoms with Gasteiger partial charge in [0.2, 0.25) is 5.91 Å². The van der Waals surface area contributed by atoms with Crippen LogP contribution in [0.3, 0.4) is 0 Å². The van der Waals surface area contributed by atoms with Crippen LogP contribution in [0.2, 0.25) is 5.02 Å². The van der Waals surface area contributed by atoms with Gasteiger partial charge in [-0.2, -0.15) is 0 Å². The predicted molar refractivity (Wildman–Crippen MR) is 134 cm³/mol. The van der Waals surface area contributed by atoms with E-state index in [0.29, 0.717) is 35.1 Å². The van der Waals surface area contributed by atoms with Crippen LogP contribution in [0.4, 0.5) is 17.1 Å². The van der Waals surface area contributed by atoms with E-state index in [4.69, 9.17) is 11.6 Å². The molecule has 0 aromatic heterocycles. The summed E-state index contributed by atoms with van der Waals surface area (Å²) in [6.45, 7) is 2.54. The molecule has 1 saturated heterocycles. The highest BCUT2D eigenvalue weighted by atomic mass is 35.5. The first kappa shape index (κ1) is 23.8. The zero-order valence-corrected chi connectivity index (χ0v) is 20.4. The van der Waals surface area contributed by atoms with Crippen LogP contribution >= 0.6 is 11.6 Å². The van der Waals surface area contributed by atoms with E-state index in [-0.39, 0.29) is 16.4 Å². The van der Waals surface area contributed by atoms with Crippen molar-refractivity contribution in [1.82, 2.24) is 0 Å². The summed E-state index contributed by atoms with van der Waals surface area (Å²) in [4.78, 5) is 26.7. The second-order valence-corrected chi connectivity index (χ2v) is 10.5. The summed E-state index contributed by atoms with van der Waals surface area (Å²) in [6, 6.07) is 17.9. The van der Waals surface area contributed by atoms with Gasteiger partial charge in [0, 0.05) is 31.3 Å². The van der Waals surface area contributed by atoms with Gasteiger partial charge in [-0.05, 0) is 61.9 Å². The Kier molecular flexibility index (Phi) is 6.63. The van der Waals surface area contributed by atoms with Crippen molar-refractivity contribution in [3.05, 3.63) is 82.9 Å². The van der Waals surface area contributed by atoms with Gasteiger partial charge in [0.25, 0.3) is 15.9 Å². The number of carbonyl (C=O) groups is 2. The minimum absolute atomic E-state index is 0.00858. The predicted octanol–water partition coefficient (Wildman–Crippen LogP) is 4.85. The molecule has 4 rings (SSSR count). The van der Waals surface area contributed by atoms with Gasteiger partial charge in [0.15, 0.2) is 0 Å². The summed E-state index contributed by atoms with van der Waals surface area (Å²) in [5, 5.41) is 3.05. The van der Waals surface area contributed by atoms with Gasteiger partial charge in [-0.3, -0.25) is 13.9 Å². The van der Waals surface area contributed by atoms with Crippen molar-refractivity contribution < 1.29 is 18.0 Å². The Hall–Kier alpha value is -3.36. The van der Waals surface area contributed by atoms with E-state index in [1.165, 1.54) is 35.6 Å². The second-order valence-electron chi connectivity index (χ2n) is 8.10. The van der Waals surface area contributed by atoms with Crippen LogP contribution in [0.25, 0.3) is 0 Å². The fourth-order valence-corrected chi connectivity index (χ4v) is 5.15. The van der Waals surface area contributed by atoms with E-state index in [9.17, 15) is 18.0 Å². The number of hydrogen-bond donors (Lipinski definition) is 1. The first-order chi connectivity index (χ1) is 16.2. The average Bonchev–Trinajstić information content (AvgIpc) is 3.26. The standard InChI is InChI=1S/C25H24ClN3O4S/c1-17-8-10-19(11-9-17)28(2)34(32,33)21-6-3-5-18(15-21)25(31)27-23-16-20(12-13-22(23)26)29-14-4-7-24(29)30/h3,5-6,8-13,15-16H,4,7,14H2,1-2H3,(H,27,31). The van der Waals surface area contributed by atoms with Gasteiger partial charge in [0.1, 0.15) is 0 Å². The Bertz CT molecular complexity index is 1360. The van der Waals surface area contributed by atoms with E-state index in [1.54, 1.807) is 35.2 Å². The fraction of sp³-hybridized carbons (Fsp3) is 0.200. The van der Waals surface area contributed by atoms with Crippen molar-refractivity contribution in [2.45, 2.75) is 24.7 Å². The lowest BCUT2D eigenvalue weighted by Gasteiger charge is -2.20. The van der Waals surface area contributed by atoms with Crippen molar-refractivity contribution in [2.75, 3.05) is 28.1 Å². The summed E-state index contributed by atoms with van der Waals surface area (Å²) in [5.41, 5.74) is 2.69. The highest BCUT2D eigenvalue weighted by Gasteiger charge is 2.24. The molecule has 0 saturated carbocycles. The molecule has 0 spiro atoms. The summed E-state index contributed by atoms with van der Waals surface area (Å²) in [7, 11) is -2.41. The van der Waals surface area contributed by atoms with Crippen molar-refractivity contribution in [1.29, 1.82) is 0 Å². The van der Waals surface area contributed by atoms with E-state index < -0.39 is 15.9 Å². The third-order valence-corrected chi connectivity index (χ3v) is 7.85. The van der Waals surface area contributed by atoms with Crippen LogP contribution in [0.15, 0.2) is 71.6 Å². The molecule has 0 bridgehead atoms. The Labute approximate surface area is 204 Å². The van der Waals surface area contributed by atoms with Crippen molar-refractivity contribution in [2.24, 2.45) is 0 Å². The van der Waals surface area contributed by atoms with Gasteiger partial charge in [-0.25, -0.2) is 8.42 Å². The van der Waals surface area contributed by atoms with E-state index in [0.717, 1.165) is 12.0 Å². The topological polar surface area (TPSA) is 86.8 Å². The number of hydrogen-bond acceptors (Lipinski definition) is 4. The van der Waals surface area contributed by atoms with E-state index in [1.807, 2.05) is 19.1 Å². The molecule has 3 aromatic carbocycles. The molecule has 0 atom stereocenters. The molecule has 1 fully saturated rings. The van der Waals surface area contributed by atoms with Crippen LogP contribution in [0.5, 0.6) is 0 Å². The Morgan fingerprint density at radius 2 is 1.79 bits per heavy atom. The van der Waals surface area contributed by atoms with Gasteiger partial charge < -0.3 is 10.2 Å². The van der Waals surface area contributed by atoms with Gasteiger partial charge in [-0.1, -0.05) is 35.4 Å². The number of carbonyl (C=O) groups excluding carboxylic acids is 2. The smallest absolute Gasteiger partial charge is 0.264 e. The quantitative estimate of drug-likeness (QED) is 0.527. The monoisotopic (exact) mass is 497 g/mol. The Balaban J connectivity index is 1.58. The Morgan fingerprint density at radius 1 is 1.06 bits per heavy atom. The zero-order chi connectivity index (χ0) is 24.5. The Morgan fingerprint density at radius 3 is 2.47 bits per heavy atom. The van der Waals surface area contributed by atoms with Gasteiger partial charge in [-0.15, -0.1) is 0 Å². The van der Waals surface area contributed by atoms with Crippen LogP contribution in [0, 0.1) is 6.92 Å². The lowest BCUT2D eigenvalue weighted by Crippen LogP contribution is -2.27. The normalized spacial score (nSPS) is 13.7. The number of nitrogens with zero attached hydrogens (tertiary/aromatic N) is 2. The molecular weight excluding hydrogens is 474 g/mol. The third kappa shape index (κ3) is 4.78. The minimum atomic E-state index is -3.88. The van der Waals surface area contributed by atoms with Gasteiger partial charge in [0.05, 0.1) is 21.3 Å². The van der Waals surface area contributed by atoms with E-state index in [2.05, 4.69) is 5.32 Å². The maximum absolute atomic E-state index is 13.2. The highest BCUT2D eigenvalue weighted by Crippen LogP contribution is 2.30. The largest absolute Gasteiger partial charge is 0.321 e. The summed E-state index contributed by atoms with van der Waals surface area (Å²) in [6.07, 6.45) is 1.27. The van der Waals surface area contributed by atoms with Crippen LogP contribution in [-0.2, 0) is 14.8 Å². The van der Waals surface area contributed by atoms with Crippen molar-refractivity contribution in [3.63, 3.8) is 0 Å². The molecule has 7 nitrogen and oxygen atoms in total. The molecule has 1 aliphatic rings. The number of anilines is 3. The van der Waals surface area contributed by atoms with Gasteiger partial charge >= 0.3 is 0 Å². The average molecular weight is 498 g/mol. The molecule has 0 unspecified atom stereocenters. The summed E-state index contributed by atoms with van der Waals surface area (Å²) in [5.74, 6) is -0.489. The van der Waals surface area contributed by atoms with E-state index >= 15 is 0 Å². The first-order valence-electron chi connectivity index (χ1n) is 10.7. The number of nitrogens with one attached hydrogen (secondary N) is 1. The number of sulfonamides is 1. The number of amides is 2. The molecule has 1 heterocycles. The van der Waals surface area contributed by atoms with Crippen LogP contribution in [-0.4, -0.2) is 33.8 Å². The van der Waals surface area contributed by atoms with Crippen molar-refractivity contribution in [3.8, 4) is 0 Å². The SMILES string of the molecule is Cc1ccc(N(C)S(=O)(=O)c2cccc(C(=O)Nc3cc(N4CCCC4=O)ccc3Cl)c2)cc1. The van der Waals surface area contributed by atoms with Crippen LogP contribution < -0.4 is 14.5 Å². The number of aryl methyl sites for hydroxylation is 1. The van der Waals surface area contributed by atoms with Crippen LogP contribution in [0.1, 0.15) is 28.8 Å². The maximum atomic E-state index is 13.2. The number of halogens is 1. The number of rotatable bonds is 6. The summed E-state index contributed by atoms with van der Waals surface area (Å²) < 4.78 is 27.5. The minimum Gasteiger partial charge on any atom is -0.321 e. The lowest BCUT2D eigenvalue weighted by atomic mass is 10.2. The molecule has 2 amide bonds. The molecule has 3 aromatic rings. The zero-order valence-electron chi connectivity index (χ0n) is 18.8.